The molecule has 0 aliphatic carbocycles. The van der Waals surface area contributed by atoms with Gasteiger partial charge in [-0.05, 0) is 30.2 Å². The predicted octanol–water partition coefficient (Wildman–Crippen LogP) is 3.11. The van der Waals surface area contributed by atoms with Crippen molar-refractivity contribution in [3.63, 3.8) is 0 Å². The highest BCUT2D eigenvalue weighted by molar-refractivity contribution is 9.11. The second-order valence-electron chi connectivity index (χ2n) is 4.72. The van der Waals surface area contributed by atoms with Crippen LogP contribution in [0.5, 0.6) is 0 Å². The normalized spacial score (nSPS) is 13.5. The average molecular weight is 364 g/mol. The van der Waals surface area contributed by atoms with Gasteiger partial charge in [-0.1, -0.05) is 45.7 Å². The van der Waals surface area contributed by atoms with Crippen molar-refractivity contribution in [1.29, 1.82) is 0 Å². The molecule has 1 aromatic carbocycles. The first-order valence-corrected chi connectivity index (χ1v) is 6.83. The van der Waals surface area contributed by atoms with Crippen molar-refractivity contribution in [2.24, 2.45) is 16.9 Å². The van der Waals surface area contributed by atoms with Crippen molar-refractivity contribution in [2.75, 3.05) is 0 Å². The lowest BCUT2D eigenvalue weighted by molar-refractivity contribution is -0.126. The lowest BCUT2D eigenvalue weighted by Gasteiger charge is -2.25. The quantitative estimate of drug-likeness (QED) is 0.862. The van der Waals surface area contributed by atoms with Crippen LogP contribution < -0.4 is 11.5 Å². The zero-order valence-corrected chi connectivity index (χ0v) is 13.0. The molecule has 94 valence electrons. The van der Waals surface area contributed by atoms with Crippen LogP contribution in [0.1, 0.15) is 31.9 Å². The second-order valence-corrected chi connectivity index (χ2v) is 6.49. The summed E-state index contributed by atoms with van der Waals surface area (Å²) in [6.07, 6.45) is 0.511. The van der Waals surface area contributed by atoms with E-state index < -0.39 is 5.41 Å². The van der Waals surface area contributed by atoms with Gasteiger partial charge in [0, 0.05) is 20.4 Å². The lowest BCUT2D eigenvalue weighted by atomic mass is 9.83. The van der Waals surface area contributed by atoms with E-state index in [1.54, 1.807) is 13.8 Å². The first-order valence-electron chi connectivity index (χ1n) is 5.24. The summed E-state index contributed by atoms with van der Waals surface area (Å²) >= 11 is 6.86. The van der Waals surface area contributed by atoms with Gasteiger partial charge in [0.2, 0.25) is 5.91 Å². The molecular weight excluding hydrogens is 348 g/mol. The highest BCUT2D eigenvalue weighted by Crippen LogP contribution is 2.33. The minimum Gasteiger partial charge on any atom is -0.369 e. The van der Waals surface area contributed by atoms with E-state index >= 15 is 0 Å². The van der Waals surface area contributed by atoms with Gasteiger partial charge < -0.3 is 11.5 Å². The Morgan fingerprint density at radius 2 is 2.00 bits per heavy atom. The smallest absolute Gasteiger partial charge is 0.223 e. The van der Waals surface area contributed by atoms with Crippen LogP contribution in [-0.4, -0.2) is 5.91 Å². The Morgan fingerprint density at radius 3 is 2.53 bits per heavy atom. The van der Waals surface area contributed by atoms with Gasteiger partial charge in [0.15, 0.2) is 0 Å². The molecule has 1 rings (SSSR count). The molecule has 0 spiro atoms. The monoisotopic (exact) mass is 362 g/mol. The van der Waals surface area contributed by atoms with Gasteiger partial charge in [-0.3, -0.25) is 4.79 Å². The molecule has 0 bridgehead atoms. The molecule has 0 heterocycles. The molecule has 0 aliphatic rings. The predicted molar refractivity (Wildman–Crippen MR) is 76.4 cm³/mol. The number of nitrogens with two attached hydrogens (primary N) is 2. The lowest BCUT2D eigenvalue weighted by Crippen LogP contribution is -2.34. The third kappa shape index (κ3) is 3.79. The van der Waals surface area contributed by atoms with Crippen molar-refractivity contribution in [3.8, 4) is 0 Å². The number of halogens is 2. The number of amides is 1. The number of rotatable bonds is 4. The molecule has 1 amide bonds. The third-order valence-corrected chi connectivity index (χ3v) is 3.97. The van der Waals surface area contributed by atoms with Crippen LogP contribution in [-0.2, 0) is 4.79 Å². The molecular formula is C12H16Br2N2O. The average Bonchev–Trinajstić information content (AvgIpc) is 2.20. The Morgan fingerprint density at radius 1 is 1.41 bits per heavy atom. The fourth-order valence-electron chi connectivity index (χ4n) is 1.56. The van der Waals surface area contributed by atoms with Gasteiger partial charge in [0.1, 0.15) is 0 Å². The summed E-state index contributed by atoms with van der Waals surface area (Å²) in [4.78, 5) is 11.3. The van der Waals surface area contributed by atoms with Gasteiger partial charge in [-0.25, -0.2) is 0 Å². The zero-order chi connectivity index (χ0) is 13.2. The summed E-state index contributed by atoms with van der Waals surface area (Å²) in [6, 6.07) is 5.58. The summed E-state index contributed by atoms with van der Waals surface area (Å²) in [5.74, 6) is -0.334. The van der Waals surface area contributed by atoms with Gasteiger partial charge in [-0.15, -0.1) is 0 Å². The van der Waals surface area contributed by atoms with Crippen LogP contribution in [0.15, 0.2) is 27.1 Å². The highest BCUT2D eigenvalue weighted by Gasteiger charge is 2.28. The van der Waals surface area contributed by atoms with Crippen LogP contribution in [0.25, 0.3) is 0 Å². The van der Waals surface area contributed by atoms with Gasteiger partial charge >= 0.3 is 0 Å². The van der Waals surface area contributed by atoms with E-state index in [1.165, 1.54) is 0 Å². The maximum atomic E-state index is 11.3. The van der Waals surface area contributed by atoms with Crippen LogP contribution in [0.2, 0.25) is 0 Å². The topological polar surface area (TPSA) is 69.1 Å². The molecule has 1 aromatic rings. The Kier molecular flexibility index (Phi) is 4.75. The first kappa shape index (κ1) is 14.7. The molecule has 0 saturated heterocycles. The molecule has 0 fully saturated rings. The van der Waals surface area contributed by atoms with Crippen molar-refractivity contribution < 1.29 is 4.79 Å². The fraction of sp³-hybridized carbons (Fsp3) is 0.417. The van der Waals surface area contributed by atoms with E-state index in [-0.39, 0.29) is 11.9 Å². The maximum absolute atomic E-state index is 11.3. The van der Waals surface area contributed by atoms with Gasteiger partial charge in [0.05, 0.1) is 0 Å². The SMILES string of the molecule is CC(C)(CC(N)c1cc(Br)ccc1Br)C(N)=O. The molecule has 0 aliphatic heterocycles. The minimum atomic E-state index is -0.610. The molecule has 3 nitrogen and oxygen atoms in total. The zero-order valence-electron chi connectivity index (χ0n) is 9.84. The van der Waals surface area contributed by atoms with Gasteiger partial charge in [0.25, 0.3) is 0 Å². The molecule has 1 unspecified atom stereocenters. The second kappa shape index (κ2) is 5.50. The van der Waals surface area contributed by atoms with E-state index in [0.717, 1.165) is 14.5 Å². The van der Waals surface area contributed by atoms with E-state index in [9.17, 15) is 4.79 Å². The third-order valence-electron chi connectivity index (χ3n) is 2.75. The highest BCUT2D eigenvalue weighted by atomic mass is 79.9. The number of primary amides is 1. The summed E-state index contributed by atoms with van der Waals surface area (Å²) in [6.45, 7) is 3.61. The number of hydrogen-bond acceptors (Lipinski definition) is 2. The van der Waals surface area contributed by atoms with Crippen molar-refractivity contribution in [3.05, 3.63) is 32.7 Å². The van der Waals surface area contributed by atoms with Crippen molar-refractivity contribution in [2.45, 2.75) is 26.3 Å². The number of benzene rings is 1. The van der Waals surface area contributed by atoms with Crippen molar-refractivity contribution in [1.82, 2.24) is 0 Å². The van der Waals surface area contributed by atoms with E-state index in [1.807, 2.05) is 18.2 Å². The Labute approximate surface area is 118 Å². The standard InChI is InChI=1S/C12H16Br2N2O/c1-12(2,11(16)17)6-10(15)8-5-7(13)3-4-9(8)14/h3-5,10H,6,15H2,1-2H3,(H2,16,17). The van der Waals surface area contributed by atoms with Crippen LogP contribution in [0, 0.1) is 5.41 Å². The van der Waals surface area contributed by atoms with Crippen LogP contribution >= 0.6 is 31.9 Å². The number of carbonyl (C=O) groups is 1. The Balaban J connectivity index is 2.94. The Bertz CT molecular complexity index is 433. The van der Waals surface area contributed by atoms with Crippen molar-refractivity contribution >= 4 is 37.8 Å². The first-order chi connectivity index (χ1) is 7.74. The van der Waals surface area contributed by atoms with Crippen LogP contribution in [0.3, 0.4) is 0 Å². The fourth-order valence-corrected chi connectivity index (χ4v) is 2.48. The number of carbonyl (C=O) groups excluding carboxylic acids is 1. The van der Waals surface area contributed by atoms with E-state index in [2.05, 4.69) is 31.9 Å². The summed E-state index contributed by atoms with van der Waals surface area (Å²) in [7, 11) is 0. The molecule has 0 aromatic heterocycles. The van der Waals surface area contributed by atoms with Gasteiger partial charge in [-0.2, -0.15) is 0 Å². The molecule has 0 saturated carbocycles. The number of hydrogen-bond donors (Lipinski definition) is 2. The molecule has 1 atom stereocenters. The van der Waals surface area contributed by atoms with E-state index in [0.29, 0.717) is 6.42 Å². The summed E-state index contributed by atoms with van der Waals surface area (Å²) < 4.78 is 1.90. The summed E-state index contributed by atoms with van der Waals surface area (Å²) in [5.41, 5.74) is 11.8. The summed E-state index contributed by atoms with van der Waals surface area (Å²) in [5, 5.41) is 0. The largest absolute Gasteiger partial charge is 0.369 e. The minimum absolute atomic E-state index is 0.232. The molecule has 0 radical (unpaired) electrons. The molecule has 17 heavy (non-hydrogen) atoms. The molecule has 5 heteroatoms. The Hall–Kier alpha value is -0.390. The van der Waals surface area contributed by atoms with E-state index in [4.69, 9.17) is 11.5 Å². The molecule has 4 N–H and O–H groups in total. The van der Waals surface area contributed by atoms with Crippen LogP contribution in [0.4, 0.5) is 0 Å². The maximum Gasteiger partial charge on any atom is 0.223 e.